The first-order chi connectivity index (χ1) is 13.1. The van der Waals surface area contributed by atoms with Crippen molar-refractivity contribution in [1.29, 1.82) is 0 Å². The van der Waals surface area contributed by atoms with Gasteiger partial charge in [0.05, 0.1) is 5.25 Å². The quantitative estimate of drug-likeness (QED) is 0.648. The Morgan fingerprint density at radius 2 is 2.00 bits per heavy atom. The Morgan fingerprint density at radius 1 is 1.29 bits per heavy atom. The van der Waals surface area contributed by atoms with Gasteiger partial charge in [-0.1, -0.05) is 37.5 Å². The number of carbonyl (C=O) groups excluding carboxylic acids is 2. The molecule has 1 heterocycles. The minimum atomic E-state index is -0.558. The molecular formula is C20H29ClFN3O2S. The first-order valence-electron chi connectivity index (χ1n) is 9.74. The second-order valence-corrected chi connectivity index (χ2v) is 8.66. The van der Waals surface area contributed by atoms with Gasteiger partial charge in [0.25, 0.3) is 0 Å². The summed E-state index contributed by atoms with van der Waals surface area (Å²) in [6, 6.07) is 5.90. The summed E-state index contributed by atoms with van der Waals surface area (Å²) >= 11 is 1.41. The van der Waals surface area contributed by atoms with Crippen LogP contribution >= 0.6 is 24.2 Å². The van der Waals surface area contributed by atoms with Gasteiger partial charge in [-0.25, -0.2) is 4.39 Å². The largest absolute Gasteiger partial charge is 0.350 e. The minimum Gasteiger partial charge on any atom is -0.350 e. The third kappa shape index (κ3) is 5.84. The topological polar surface area (TPSA) is 84.2 Å². The molecular weight excluding hydrogens is 401 g/mol. The summed E-state index contributed by atoms with van der Waals surface area (Å²) in [6.45, 7) is 0.417. The molecule has 8 heteroatoms. The van der Waals surface area contributed by atoms with Gasteiger partial charge in [0.1, 0.15) is 11.9 Å². The fourth-order valence-corrected chi connectivity index (χ4v) is 5.12. The van der Waals surface area contributed by atoms with Gasteiger partial charge in [0.15, 0.2) is 0 Å². The molecule has 2 fully saturated rings. The smallest absolute Gasteiger partial charge is 0.243 e. The maximum atomic E-state index is 13.8. The maximum absolute atomic E-state index is 13.8. The molecule has 1 aliphatic carbocycles. The number of carbonyl (C=O) groups is 2. The molecule has 0 bridgehead atoms. The van der Waals surface area contributed by atoms with E-state index >= 15 is 0 Å². The second kappa shape index (κ2) is 11.0. The molecule has 0 spiro atoms. The van der Waals surface area contributed by atoms with Crippen LogP contribution in [0.15, 0.2) is 24.3 Å². The SMILES string of the molecule is Cl.NCC(NC(=O)C1CSC(Cc2ccccc2F)C(=O)N1)C1CCCCC1. The third-order valence-electron chi connectivity index (χ3n) is 5.55. The summed E-state index contributed by atoms with van der Waals surface area (Å²) < 4.78 is 13.8. The van der Waals surface area contributed by atoms with Crippen molar-refractivity contribution < 1.29 is 14.0 Å². The molecule has 0 aromatic heterocycles. The summed E-state index contributed by atoms with van der Waals surface area (Å²) in [5, 5.41) is 5.47. The lowest BCUT2D eigenvalue weighted by Crippen LogP contribution is -2.58. The number of rotatable bonds is 6. The zero-order valence-corrected chi connectivity index (χ0v) is 17.5. The lowest BCUT2D eigenvalue weighted by Gasteiger charge is -2.33. The molecule has 1 aromatic carbocycles. The van der Waals surface area contributed by atoms with Crippen LogP contribution in [-0.2, 0) is 16.0 Å². The molecule has 0 radical (unpaired) electrons. The van der Waals surface area contributed by atoms with Gasteiger partial charge >= 0.3 is 0 Å². The van der Waals surface area contributed by atoms with Gasteiger partial charge in [0.2, 0.25) is 11.8 Å². The van der Waals surface area contributed by atoms with E-state index < -0.39 is 6.04 Å². The van der Waals surface area contributed by atoms with Crippen molar-refractivity contribution in [2.75, 3.05) is 12.3 Å². The molecule has 28 heavy (non-hydrogen) atoms. The highest BCUT2D eigenvalue weighted by Gasteiger charge is 2.34. The van der Waals surface area contributed by atoms with E-state index in [2.05, 4.69) is 10.6 Å². The van der Waals surface area contributed by atoms with E-state index in [1.165, 1.54) is 37.1 Å². The van der Waals surface area contributed by atoms with Gasteiger partial charge in [-0.05, 0) is 36.8 Å². The number of hydrogen-bond acceptors (Lipinski definition) is 4. The van der Waals surface area contributed by atoms with Crippen LogP contribution in [0.2, 0.25) is 0 Å². The Morgan fingerprint density at radius 3 is 2.64 bits per heavy atom. The lowest BCUT2D eigenvalue weighted by atomic mass is 9.84. The summed E-state index contributed by atoms with van der Waals surface area (Å²) in [5.41, 5.74) is 6.41. The van der Waals surface area contributed by atoms with Crippen LogP contribution < -0.4 is 16.4 Å². The first-order valence-corrected chi connectivity index (χ1v) is 10.8. The molecule has 1 aliphatic heterocycles. The molecule has 1 saturated heterocycles. The predicted octanol–water partition coefficient (Wildman–Crippen LogP) is 2.41. The number of hydrogen-bond donors (Lipinski definition) is 3. The molecule has 1 aromatic rings. The van der Waals surface area contributed by atoms with Gasteiger partial charge in [0, 0.05) is 18.3 Å². The van der Waals surface area contributed by atoms with Crippen molar-refractivity contribution in [3.63, 3.8) is 0 Å². The van der Waals surface area contributed by atoms with Crippen molar-refractivity contribution in [1.82, 2.24) is 10.6 Å². The van der Waals surface area contributed by atoms with E-state index in [1.807, 2.05) is 0 Å². The Labute approximate surface area is 176 Å². The average Bonchev–Trinajstić information content (AvgIpc) is 2.69. The van der Waals surface area contributed by atoms with Crippen molar-refractivity contribution in [2.24, 2.45) is 11.7 Å². The van der Waals surface area contributed by atoms with Crippen LogP contribution in [0, 0.1) is 11.7 Å². The first kappa shape index (κ1) is 23.0. The van der Waals surface area contributed by atoms with E-state index in [1.54, 1.807) is 18.2 Å². The molecule has 156 valence electrons. The molecule has 4 N–H and O–H groups in total. The van der Waals surface area contributed by atoms with Crippen LogP contribution in [0.25, 0.3) is 0 Å². The highest BCUT2D eigenvalue weighted by atomic mass is 35.5. The molecule has 3 atom stereocenters. The molecule has 5 nitrogen and oxygen atoms in total. The van der Waals surface area contributed by atoms with Gasteiger partial charge in [-0.2, -0.15) is 0 Å². The summed E-state index contributed by atoms with van der Waals surface area (Å²) in [6.07, 6.45) is 6.14. The van der Waals surface area contributed by atoms with Crippen molar-refractivity contribution in [2.45, 2.75) is 55.9 Å². The maximum Gasteiger partial charge on any atom is 0.243 e. The second-order valence-electron chi connectivity index (χ2n) is 7.43. The normalized spacial score (nSPS) is 24.0. The zero-order valence-electron chi connectivity index (χ0n) is 15.9. The van der Waals surface area contributed by atoms with E-state index in [0.717, 1.165) is 12.8 Å². The van der Waals surface area contributed by atoms with Crippen molar-refractivity contribution in [3.05, 3.63) is 35.6 Å². The predicted molar refractivity (Wildman–Crippen MR) is 113 cm³/mol. The van der Waals surface area contributed by atoms with Crippen LogP contribution in [-0.4, -0.2) is 41.4 Å². The summed E-state index contributed by atoms with van der Waals surface area (Å²) in [4.78, 5) is 25.0. The fourth-order valence-electron chi connectivity index (χ4n) is 3.94. The van der Waals surface area contributed by atoms with Crippen LogP contribution in [0.3, 0.4) is 0 Å². The van der Waals surface area contributed by atoms with Gasteiger partial charge in [-0.15, -0.1) is 24.2 Å². The van der Waals surface area contributed by atoms with Crippen LogP contribution in [0.4, 0.5) is 4.39 Å². The minimum absolute atomic E-state index is 0. The Bertz CT molecular complexity index is 673. The number of nitrogens with two attached hydrogens (primary N) is 1. The highest BCUT2D eigenvalue weighted by molar-refractivity contribution is 8.00. The van der Waals surface area contributed by atoms with Gasteiger partial charge < -0.3 is 16.4 Å². The summed E-state index contributed by atoms with van der Waals surface area (Å²) in [7, 11) is 0. The number of benzene rings is 1. The third-order valence-corrected chi connectivity index (χ3v) is 6.86. The number of amides is 2. The lowest BCUT2D eigenvalue weighted by molar-refractivity contribution is -0.129. The van der Waals surface area contributed by atoms with Gasteiger partial charge in [-0.3, -0.25) is 9.59 Å². The molecule has 1 saturated carbocycles. The monoisotopic (exact) mass is 429 g/mol. The molecule has 3 rings (SSSR count). The number of nitrogens with one attached hydrogen (secondary N) is 2. The molecule has 3 unspecified atom stereocenters. The van der Waals surface area contributed by atoms with E-state index in [4.69, 9.17) is 5.73 Å². The Hall–Kier alpha value is -1.31. The van der Waals surface area contributed by atoms with Crippen LogP contribution in [0.5, 0.6) is 0 Å². The van der Waals surface area contributed by atoms with E-state index in [-0.39, 0.29) is 41.3 Å². The Kier molecular flexibility index (Phi) is 9.05. The molecule has 2 amide bonds. The fraction of sp³-hybridized carbons (Fsp3) is 0.600. The standard InChI is InChI=1S/C20H28FN3O2S.ClH/c21-15-9-5-4-8-14(15)10-18-20(26)24-17(12-27-18)19(25)23-16(11-22)13-6-2-1-3-7-13;/h4-5,8-9,13,16-18H,1-3,6-7,10-12,22H2,(H,23,25)(H,24,26);1H. The average molecular weight is 430 g/mol. The van der Waals surface area contributed by atoms with E-state index in [9.17, 15) is 14.0 Å². The van der Waals surface area contributed by atoms with Crippen molar-refractivity contribution >= 4 is 36.0 Å². The van der Waals surface area contributed by atoms with E-state index in [0.29, 0.717) is 30.2 Å². The number of halogens is 2. The number of thioether (sulfide) groups is 1. The Balaban J connectivity index is 0.00000280. The zero-order chi connectivity index (χ0) is 19.2. The molecule has 2 aliphatic rings. The summed E-state index contributed by atoms with van der Waals surface area (Å²) in [5.74, 6) is 0.230. The highest BCUT2D eigenvalue weighted by Crippen LogP contribution is 2.27. The van der Waals surface area contributed by atoms with Crippen molar-refractivity contribution in [3.8, 4) is 0 Å². The van der Waals surface area contributed by atoms with Crippen LogP contribution in [0.1, 0.15) is 37.7 Å².